The number of pyridine rings is 1. The highest BCUT2D eigenvalue weighted by atomic mass is 32.2. The van der Waals surface area contributed by atoms with E-state index in [2.05, 4.69) is 9.82 Å². The predicted molar refractivity (Wildman–Crippen MR) is 51.3 cm³/mol. The van der Waals surface area contributed by atoms with Crippen molar-refractivity contribution in [3.63, 3.8) is 0 Å². The summed E-state index contributed by atoms with van der Waals surface area (Å²) >= 11 is 0. The first-order valence-corrected chi connectivity index (χ1v) is 5.79. The monoisotopic (exact) mass is 281 g/mol. The van der Waals surface area contributed by atoms with E-state index in [1.165, 1.54) is 4.89 Å². The van der Waals surface area contributed by atoms with E-state index in [0.29, 0.717) is 0 Å². The molecule has 0 fully saturated rings. The Hall–Kier alpha value is -1.70. The van der Waals surface area contributed by atoms with Gasteiger partial charge in [-0.2, -0.15) is 18.4 Å². The lowest BCUT2D eigenvalue weighted by Gasteiger charge is -2.08. The molecule has 1 heterocycles. The Morgan fingerprint density at radius 3 is 2.56 bits per heavy atom. The van der Waals surface area contributed by atoms with Gasteiger partial charge in [-0.1, -0.05) is 4.89 Å². The number of sulfonamides is 1. The maximum Gasteiger partial charge on any atom is 0.413 e. The van der Waals surface area contributed by atoms with Crippen LogP contribution in [0.5, 0.6) is 0 Å². The molecule has 18 heavy (non-hydrogen) atoms. The molecule has 0 spiro atoms. The minimum absolute atomic E-state index is 0.0230. The van der Waals surface area contributed by atoms with Crippen LogP contribution in [0.4, 0.5) is 13.2 Å². The van der Waals surface area contributed by atoms with Gasteiger partial charge in [0.1, 0.15) is 16.7 Å². The summed E-state index contributed by atoms with van der Waals surface area (Å²) in [7, 11) is -4.25. The molecule has 0 aromatic carbocycles. The molecule has 1 N–H and O–H groups in total. The van der Waals surface area contributed by atoms with Gasteiger partial charge in [-0.05, 0) is 12.1 Å². The standard InChI is InChI=1S/C8H6F3N3O3S/c9-8(10,11)5-17-14-18(15,16)7-2-1-6(3-12)13-4-7/h1-2,4,14H,5H2. The molecular weight excluding hydrogens is 275 g/mol. The second-order valence-corrected chi connectivity index (χ2v) is 4.63. The molecule has 0 aliphatic heterocycles. The zero-order chi connectivity index (χ0) is 13.8. The number of rotatable bonds is 4. The maximum absolute atomic E-state index is 11.7. The molecule has 0 atom stereocenters. The average molecular weight is 281 g/mol. The second kappa shape index (κ2) is 5.30. The second-order valence-electron chi connectivity index (χ2n) is 2.98. The maximum atomic E-state index is 11.7. The van der Waals surface area contributed by atoms with Crippen LogP contribution in [-0.4, -0.2) is 26.2 Å². The topological polar surface area (TPSA) is 92.1 Å². The van der Waals surface area contributed by atoms with Gasteiger partial charge in [-0.15, -0.1) is 0 Å². The van der Waals surface area contributed by atoms with E-state index in [4.69, 9.17) is 5.26 Å². The first kappa shape index (κ1) is 14.4. The molecule has 6 nitrogen and oxygen atoms in total. The number of nitrogens with one attached hydrogen (secondary N) is 1. The number of halogens is 3. The van der Waals surface area contributed by atoms with Gasteiger partial charge in [0.05, 0.1) is 0 Å². The molecule has 0 radical (unpaired) electrons. The highest BCUT2D eigenvalue weighted by Gasteiger charge is 2.29. The zero-order valence-electron chi connectivity index (χ0n) is 8.60. The number of nitrogens with zero attached hydrogens (tertiary/aromatic N) is 2. The van der Waals surface area contributed by atoms with Crippen molar-refractivity contribution in [3.8, 4) is 6.07 Å². The fraction of sp³-hybridized carbons (Fsp3) is 0.250. The number of aromatic nitrogens is 1. The van der Waals surface area contributed by atoms with Crippen LogP contribution in [0.3, 0.4) is 0 Å². The lowest BCUT2D eigenvalue weighted by atomic mass is 10.4. The van der Waals surface area contributed by atoms with Gasteiger partial charge in [0.25, 0.3) is 10.0 Å². The Morgan fingerprint density at radius 1 is 1.44 bits per heavy atom. The number of alkyl halides is 3. The van der Waals surface area contributed by atoms with Crippen molar-refractivity contribution in [1.29, 1.82) is 5.26 Å². The van der Waals surface area contributed by atoms with Crippen molar-refractivity contribution in [2.75, 3.05) is 6.61 Å². The van der Waals surface area contributed by atoms with Crippen LogP contribution in [-0.2, 0) is 14.9 Å². The first-order valence-electron chi connectivity index (χ1n) is 4.31. The lowest BCUT2D eigenvalue weighted by Crippen LogP contribution is -2.29. The van der Waals surface area contributed by atoms with Gasteiger partial charge >= 0.3 is 6.18 Å². The van der Waals surface area contributed by atoms with E-state index in [1.807, 2.05) is 0 Å². The van der Waals surface area contributed by atoms with E-state index in [1.54, 1.807) is 6.07 Å². The largest absolute Gasteiger partial charge is 0.413 e. The third kappa shape index (κ3) is 4.28. The molecule has 98 valence electrons. The Labute approximate surface area is 100 Å². The van der Waals surface area contributed by atoms with Gasteiger partial charge in [0.15, 0.2) is 6.61 Å². The minimum Gasteiger partial charge on any atom is -0.277 e. The highest BCUT2D eigenvalue weighted by Crippen LogP contribution is 2.14. The predicted octanol–water partition coefficient (Wildman–Crippen LogP) is 0.725. The van der Waals surface area contributed by atoms with Crippen molar-refractivity contribution in [3.05, 3.63) is 24.0 Å². The van der Waals surface area contributed by atoms with Crippen LogP contribution in [0.15, 0.2) is 23.2 Å². The van der Waals surface area contributed by atoms with Crippen LogP contribution in [0.1, 0.15) is 5.69 Å². The van der Waals surface area contributed by atoms with Crippen molar-refractivity contribution in [2.45, 2.75) is 11.1 Å². The van der Waals surface area contributed by atoms with E-state index < -0.39 is 27.7 Å². The summed E-state index contributed by atoms with van der Waals surface area (Å²) in [6, 6.07) is 3.79. The fourth-order valence-corrected chi connectivity index (χ4v) is 1.59. The third-order valence-electron chi connectivity index (χ3n) is 1.57. The van der Waals surface area contributed by atoms with E-state index >= 15 is 0 Å². The molecule has 0 saturated heterocycles. The summed E-state index contributed by atoms with van der Waals surface area (Å²) in [5.74, 6) is 0. The highest BCUT2D eigenvalue weighted by molar-refractivity contribution is 7.89. The summed E-state index contributed by atoms with van der Waals surface area (Å²) in [4.78, 5) is 8.17. The fourth-order valence-electron chi connectivity index (χ4n) is 0.842. The lowest BCUT2D eigenvalue weighted by molar-refractivity contribution is -0.181. The van der Waals surface area contributed by atoms with Gasteiger partial charge in [0, 0.05) is 6.20 Å². The van der Waals surface area contributed by atoms with E-state index in [-0.39, 0.29) is 5.69 Å². The summed E-state index contributed by atoms with van der Waals surface area (Å²) in [5, 5.41) is 8.43. The molecule has 0 unspecified atom stereocenters. The molecule has 10 heteroatoms. The van der Waals surface area contributed by atoms with Crippen molar-refractivity contribution in [1.82, 2.24) is 9.87 Å². The molecular formula is C8H6F3N3O3S. The molecule has 0 aliphatic carbocycles. The molecule has 1 rings (SSSR count). The average Bonchev–Trinajstić information content (AvgIpc) is 2.27. The number of hydrogen-bond donors (Lipinski definition) is 1. The van der Waals surface area contributed by atoms with Gasteiger partial charge in [0.2, 0.25) is 0 Å². The Bertz CT molecular complexity index is 548. The molecule has 1 aromatic rings. The zero-order valence-corrected chi connectivity index (χ0v) is 9.42. The van der Waals surface area contributed by atoms with Crippen molar-refractivity contribution >= 4 is 10.0 Å². The van der Waals surface area contributed by atoms with Crippen LogP contribution in [0.2, 0.25) is 0 Å². The molecule has 0 amide bonds. The molecule has 0 bridgehead atoms. The Morgan fingerprint density at radius 2 is 2.11 bits per heavy atom. The summed E-state index contributed by atoms with van der Waals surface area (Å²) in [6.07, 6.45) is -3.82. The SMILES string of the molecule is N#Cc1ccc(S(=O)(=O)NOCC(F)(F)F)cn1. The van der Waals surface area contributed by atoms with Gasteiger partial charge in [-0.3, -0.25) is 4.84 Å². The molecule has 0 saturated carbocycles. The number of hydrogen-bond acceptors (Lipinski definition) is 5. The van der Waals surface area contributed by atoms with E-state index in [0.717, 1.165) is 18.3 Å². The van der Waals surface area contributed by atoms with Crippen LogP contribution >= 0.6 is 0 Å². The van der Waals surface area contributed by atoms with Gasteiger partial charge < -0.3 is 0 Å². The summed E-state index contributed by atoms with van der Waals surface area (Å²) < 4.78 is 58.0. The molecule has 1 aromatic heterocycles. The summed E-state index contributed by atoms with van der Waals surface area (Å²) in [5.41, 5.74) is -0.0230. The first-order chi connectivity index (χ1) is 8.24. The van der Waals surface area contributed by atoms with Gasteiger partial charge in [-0.25, -0.2) is 13.4 Å². The third-order valence-corrected chi connectivity index (χ3v) is 2.77. The van der Waals surface area contributed by atoms with Crippen molar-refractivity contribution in [2.24, 2.45) is 0 Å². The normalized spacial score (nSPS) is 12.1. The number of nitriles is 1. The quantitative estimate of drug-likeness (QED) is 0.821. The Kier molecular flexibility index (Phi) is 4.23. The smallest absolute Gasteiger partial charge is 0.277 e. The Balaban J connectivity index is 2.72. The van der Waals surface area contributed by atoms with E-state index in [9.17, 15) is 21.6 Å². The molecule has 0 aliphatic rings. The van der Waals surface area contributed by atoms with Crippen LogP contribution in [0, 0.1) is 11.3 Å². The van der Waals surface area contributed by atoms with Crippen LogP contribution < -0.4 is 4.89 Å². The van der Waals surface area contributed by atoms with Crippen LogP contribution in [0.25, 0.3) is 0 Å². The van der Waals surface area contributed by atoms with Crippen molar-refractivity contribution < 1.29 is 26.4 Å². The minimum atomic E-state index is -4.65. The summed E-state index contributed by atoms with van der Waals surface area (Å²) in [6.45, 7) is -1.75.